The van der Waals surface area contributed by atoms with E-state index in [4.69, 9.17) is 14.6 Å². The maximum absolute atomic E-state index is 13.1. The predicted molar refractivity (Wildman–Crippen MR) is 95.0 cm³/mol. The van der Waals surface area contributed by atoms with Gasteiger partial charge in [-0.3, -0.25) is 4.90 Å². The van der Waals surface area contributed by atoms with Crippen molar-refractivity contribution >= 4 is 11.9 Å². The lowest BCUT2D eigenvalue weighted by molar-refractivity contribution is -0.192. The van der Waals surface area contributed by atoms with Crippen LogP contribution in [0.5, 0.6) is 0 Å². The van der Waals surface area contributed by atoms with Gasteiger partial charge in [0.05, 0.1) is 24.5 Å². The molecule has 0 spiro atoms. The molecular weight excluding hydrogens is 396 g/mol. The highest BCUT2D eigenvalue weighted by atomic mass is 19.4. The first-order valence-corrected chi connectivity index (χ1v) is 9.64. The van der Waals surface area contributed by atoms with Gasteiger partial charge in [0, 0.05) is 25.6 Å². The van der Waals surface area contributed by atoms with Gasteiger partial charge in [0.1, 0.15) is 0 Å². The fourth-order valence-electron chi connectivity index (χ4n) is 4.20. The molecular formula is C18H24F4N4O3. The summed E-state index contributed by atoms with van der Waals surface area (Å²) in [7, 11) is 0. The van der Waals surface area contributed by atoms with Crippen LogP contribution in [0.2, 0.25) is 0 Å². The molecule has 3 atom stereocenters. The highest BCUT2D eigenvalue weighted by Crippen LogP contribution is 2.33. The van der Waals surface area contributed by atoms with Gasteiger partial charge in [0.15, 0.2) is 5.82 Å². The van der Waals surface area contributed by atoms with E-state index in [1.165, 1.54) is 31.7 Å². The summed E-state index contributed by atoms with van der Waals surface area (Å²) in [5.41, 5.74) is 0. The highest BCUT2D eigenvalue weighted by molar-refractivity contribution is 5.73. The normalized spacial score (nSPS) is 27.7. The first-order valence-electron chi connectivity index (χ1n) is 9.64. The molecule has 1 aromatic heterocycles. The molecule has 29 heavy (non-hydrogen) atoms. The number of hydrogen-bond acceptors (Lipinski definition) is 6. The van der Waals surface area contributed by atoms with E-state index in [2.05, 4.69) is 19.8 Å². The number of aromatic nitrogens is 2. The molecule has 1 N–H and O–H groups in total. The van der Waals surface area contributed by atoms with Crippen LogP contribution in [0.3, 0.4) is 0 Å². The smallest absolute Gasteiger partial charge is 0.475 e. The van der Waals surface area contributed by atoms with Gasteiger partial charge < -0.3 is 14.7 Å². The minimum absolute atomic E-state index is 0.337. The van der Waals surface area contributed by atoms with E-state index in [0.29, 0.717) is 24.0 Å². The van der Waals surface area contributed by atoms with Crippen molar-refractivity contribution in [1.82, 2.24) is 14.9 Å². The maximum atomic E-state index is 13.1. The number of fused-ring (bicyclic) bond motifs is 1. The predicted octanol–water partition coefficient (Wildman–Crippen LogP) is 2.33. The molecule has 162 valence electrons. The highest BCUT2D eigenvalue weighted by Gasteiger charge is 2.43. The number of halogens is 4. The lowest BCUT2D eigenvalue weighted by atomic mass is 9.85. The molecule has 0 bridgehead atoms. The zero-order valence-electron chi connectivity index (χ0n) is 15.8. The summed E-state index contributed by atoms with van der Waals surface area (Å²) < 4.78 is 51.0. The van der Waals surface area contributed by atoms with Crippen LogP contribution in [0.15, 0.2) is 12.4 Å². The Morgan fingerprint density at radius 3 is 2.34 bits per heavy atom. The summed E-state index contributed by atoms with van der Waals surface area (Å²) in [5, 5.41) is 7.12. The molecule has 3 aliphatic heterocycles. The molecule has 0 amide bonds. The van der Waals surface area contributed by atoms with Crippen LogP contribution >= 0.6 is 0 Å². The van der Waals surface area contributed by atoms with Crippen molar-refractivity contribution < 1.29 is 32.2 Å². The van der Waals surface area contributed by atoms with Crippen LogP contribution in [0, 0.1) is 11.7 Å². The van der Waals surface area contributed by atoms with Gasteiger partial charge in [-0.25, -0.2) is 19.2 Å². The van der Waals surface area contributed by atoms with Crippen molar-refractivity contribution in [2.45, 2.75) is 44.0 Å². The number of alkyl halides is 3. The SMILES string of the molecule is Fc1cnc(N2C[C@@H]3CCCO[C@@H]3[C@H](N3CCCC3)C2)nc1.O=C(O)C(F)(F)F. The zero-order valence-corrected chi connectivity index (χ0v) is 15.8. The van der Waals surface area contributed by atoms with Gasteiger partial charge in [-0.2, -0.15) is 13.2 Å². The largest absolute Gasteiger partial charge is 0.490 e. The molecule has 3 saturated heterocycles. The average Bonchev–Trinajstić information content (AvgIpc) is 3.22. The van der Waals surface area contributed by atoms with E-state index in [1.807, 2.05) is 0 Å². The van der Waals surface area contributed by atoms with E-state index < -0.39 is 12.1 Å². The number of nitrogens with zero attached hydrogens (tertiary/aromatic N) is 4. The Balaban J connectivity index is 0.000000298. The van der Waals surface area contributed by atoms with Gasteiger partial charge in [-0.1, -0.05) is 0 Å². The van der Waals surface area contributed by atoms with Crippen LogP contribution < -0.4 is 4.90 Å². The first kappa shape index (κ1) is 21.7. The molecule has 3 fully saturated rings. The van der Waals surface area contributed by atoms with Gasteiger partial charge in [-0.05, 0) is 38.8 Å². The van der Waals surface area contributed by atoms with E-state index in [-0.39, 0.29) is 5.82 Å². The molecule has 0 radical (unpaired) electrons. The quantitative estimate of drug-likeness (QED) is 0.736. The number of piperidine rings is 1. The molecule has 1 aromatic rings. The summed E-state index contributed by atoms with van der Waals surface area (Å²) >= 11 is 0. The van der Waals surface area contributed by atoms with Gasteiger partial charge in [0.25, 0.3) is 0 Å². The van der Waals surface area contributed by atoms with Crippen molar-refractivity contribution in [2.24, 2.45) is 5.92 Å². The second-order valence-electron chi connectivity index (χ2n) is 7.46. The Kier molecular flexibility index (Phi) is 6.89. The molecule has 4 rings (SSSR count). The number of hydrogen-bond donors (Lipinski definition) is 1. The van der Waals surface area contributed by atoms with Crippen LogP contribution in [-0.2, 0) is 9.53 Å². The van der Waals surface area contributed by atoms with Crippen molar-refractivity contribution in [2.75, 3.05) is 37.7 Å². The minimum Gasteiger partial charge on any atom is -0.475 e. The molecule has 0 aliphatic carbocycles. The van der Waals surface area contributed by atoms with Gasteiger partial charge >= 0.3 is 12.1 Å². The standard InChI is InChI=1S/C16H23FN4O.C2HF3O2/c17-13-8-18-16(19-9-13)21-10-12-4-3-7-22-15(12)14(11-21)20-5-1-2-6-20;3-2(4,5)1(6)7/h8-9,12,14-15H,1-7,10-11H2;(H,6,7)/t12-,14+,15-;/m0./s1. The number of carboxylic acids is 1. The monoisotopic (exact) mass is 420 g/mol. The van der Waals surface area contributed by atoms with Crippen LogP contribution in [0.25, 0.3) is 0 Å². The number of likely N-dealkylation sites (tertiary alicyclic amines) is 1. The first-order chi connectivity index (χ1) is 13.8. The van der Waals surface area contributed by atoms with Gasteiger partial charge in [-0.15, -0.1) is 0 Å². The number of ether oxygens (including phenoxy) is 1. The Morgan fingerprint density at radius 1 is 1.14 bits per heavy atom. The lowest BCUT2D eigenvalue weighted by Crippen LogP contribution is -2.61. The maximum Gasteiger partial charge on any atom is 0.490 e. The Morgan fingerprint density at radius 2 is 1.76 bits per heavy atom. The summed E-state index contributed by atoms with van der Waals surface area (Å²) in [6, 6.07) is 0.412. The molecule has 0 unspecified atom stereocenters. The number of rotatable bonds is 2. The molecule has 7 nitrogen and oxygen atoms in total. The minimum atomic E-state index is -5.08. The number of anilines is 1. The Hall–Kier alpha value is -2.01. The fourth-order valence-corrected chi connectivity index (χ4v) is 4.20. The van der Waals surface area contributed by atoms with E-state index >= 15 is 0 Å². The topological polar surface area (TPSA) is 78.8 Å². The number of aliphatic carboxylic acids is 1. The Bertz CT molecular complexity index is 683. The summed E-state index contributed by atoms with van der Waals surface area (Å²) in [5.74, 6) is -1.96. The zero-order chi connectivity index (χ0) is 21.0. The second kappa shape index (κ2) is 9.21. The van der Waals surface area contributed by atoms with Crippen molar-refractivity contribution in [3.63, 3.8) is 0 Å². The molecule has 3 aliphatic rings. The molecule has 11 heteroatoms. The summed E-state index contributed by atoms with van der Waals surface area (Å²) in [6.07, 6.45) is 2.66. The molecule has 4 heterocycles. The van der Waals surface area contributed by atoms with E-state index in [1.54, 1.807) is 0 Å². The van der Waals surface area contributed by atoms with Gasteiger partial charge in [0.2, 0.25) is 5.95 Å². The average molecular weight is 420 g/mol. The fraction of sp³-hybridized carbons (Fsp3) is 0.722. The van der Waals surface area contributed by atoms with Crippen molar-refractivity contribution in [3.05, 3.63) is 18.2 Å². The summed E-state index contributed by atoms with van der Waals surface area (Å²) in [4.78, 5) is 22.0. The number of carbonyl (C=O) groups is 1. The van der Waals surface area contributed by atoms with E-state index in [0.717, 1.165) is 39.2 Å². The van der Waals surface area contributed by atoms with Crippen LogP contribution in [0.1, 0.15) is 25.7 Å². The molecule has 0 aromatic carbocycles. The van der Waals surface area contributed by atoms with Crippen molar-refractivity contribution in [1.29, 1.82) is 0 Å². The van der Waals surface area contributed by atoms with Crippen LogP contribution in [0.4, 0.5) is 23.5 Å². The van der Waals surface area contributed by atoms with E-state index in [9.17, 15) is 17.6 Å². The second-order valence-corrected chi connectivity index (χ2v) is 7.46. The third-order valence-electron chi connectivity index (χ3n) is 5.48. The third-order valence-corrected chi connectivity index (χ3v) is 5.48. The summed E-state index contributed by atoms with van der Waals surface area (Å²) in [6.45, 7) is 5.01. The van der Waals surface area contributed by atoms with Crippen molar-refractivity contribution in [3.8, 4) is 0 Å². The number of carboxylic acid groups (broad SMARTS) is 1. The van der Waals surface area contributed by atoms with Crippen LogP contribution in [-0.4, -0.2) is 77.1 Å². The molecule has 0 saturated carbocycles. The lowest BCUT2D eigenvalue weighted by Gasteiger charge is -2.48. The Labute approximate surface area is 165 Å². The third kappa shape index (κ3) is 5.53.